The van der Waals surface area contributed by atoms with Gasteiger partial charge in [0.05, 0.1) is 23.1 Å². The molecule has 0 saturated heterocycles. The number of aryl methyl sites for hydroxylation is 1. The van der Waals surface area contributed by atoms with Gasteiger partial charge in [0, 0.05) is 11.3 Å². The highest BCUT2D eigenvalue weighted by atomic mass is 19.4. The third-order valence-corrected chi connectivity index (χ3v) is 3.54. The summed E-state index contributed by atoms with van der Waals surface area (Å²) >= 11 is 0. The minimum atomic E-state index is -4.46. The molecule has 0 aliphatic rings. The number of hydrogen-bond donors (Lipinski definition) is 1. The minimum absolute atomic E-state index is 0.0797. The molecular formula is C17H13F3N4O. The van der Waals surface area contributed by atoms with Crippen molar-refractivity contribution in [2.75, 3.05) is 5.32 Å². The second-order valence-corrected chi connectivity index (χ2v) is 5.37. The molecule has 0 aliphatic carbocycles. The van der Waals surface area contributed by atoms with Crippen LogP contribution in [0, 0.1) is 6.92 Å². The zero-order chi connectivity index (χ0) is 18.0. The first kappa shape index (κ1) is 16.7. The van der Waals surface area contributed by atoms with E-state index in [2.05, 4.69) is 15.6 Å². The summed E-state index contributed by atoms with van der Waals surface area (Å²) in [5.74, 6) is -0.499. The van der Waals surface area contributed by atoms with E-state index in [1.54, 1.807) is 35.1 Å². The Bertz CT molecular complexity index is 901. The van der Waals surface area contributed by atoms with Gasteiger partial charge in [0.15, 0.2) is 0 Å². The molecule has 128 valence electrons. The normalized spacial score (nSPS) is 11.4. The third-order valence-electron chi connectivity index (χ3n) is 3.54. The van der Waals surface area contributed by atoms with Crippen molar-refractivity contribution in [1.29, 1.82) is 0 Å². The predicted octanol–water partition coefficient (Wildman–Crippen LogP) is 3.85. The molecule has 1 heterocycles. The number of rotatable bonds is 3. The zero-order valence-corrected chi connectivity index (χ0v) is 13.1. The Morgan fingerprint density at radius 2 is 1.84 bits per heavy atom. The summed E-state index contributed by atoms with van der Waals surface area (Å²) in [7, 11) is 0. The summed E-state index contributed by atoms with van der Waals surface area (Å²) in [6.45, 7) is 1.84. The summed E-state index contributed by atoms with van der Waals surface area (Å²) in [6.07, 6.45) is -2.85. The first-order valence-electron chi connectivity index (χ1n) is 7.31. The predicted molar refractivity (Wildman–Crippen MR) is 85.5 cm³/mol. The van der Waals surface area contributed by atoms with Crippen molar-refractivity contribution in [2.45, 2.75) is 13.1 Å². The fourth-order valence-corrected chi connectivity index (χ4v) is 2.27. The number of anilines is 1. The van der Waals surface area contributed by atoms with Crippen molar-refractivity contribution in [2.24, 2.45) is 0 Å². The van der Waals surface area contributed by atoms with Crippen LogP contribution in [0.25, 0.3) is 5.69 Å². The molecule has 0 radical (unpaired) electrons. The number of benzene rings is 2. The molecule has 0 unspecified atom stereocenters. The molecule has 0 spiro atoms. The lowest BCUT2D eigenvalue weighted by Crippen LogP contribution is -2.13. The van der Waals surface area contributed by atoms with Gasteiger partial charge in [0.2, 0.25) is 0 Å². The number of nitrogens with zero attached hydrogens (tertiary/aromatic N) is 3. The van der Waals surface area contributed by atoms with Crippen molar-refractivity contribution in [3.05, 3.63) is 71.5 Å². The van der Waals surface area contributed by atoms with Crippen LogP contribution in [0.3, 0.4) is 0 Å². The smallest absolute Gasteiger partial charge is 0.322 e. The molecule has 0 aliphatic heterocycles. The average Bonchev–Trinajstić information content (AvgIpc) is 3.00. The van der Waals surface area contributed by atoms with Crippen molar-refractivity contribution in [3.8, 4) is 5.69 Å². The van der Waals surface area contributed by atoms with Gasteiger partial charge in [-0.2, -0.15) is 13.2 Å². The summed E-state index contributed by atoms with van der Waals surface area (Å²) in [6, 6.07) is 11.0. The average molecular weight is 346 g/mol. The highest BCUT2D eigenvalue weighted by Crippen LogP contribution is 2.30. The number of carbonyl (C=O) groups is 1. The number of hydrogen-bond acceptors (Lipinski definition) is 3. The van der Waals surface area contributed by atoms with Crippen LogP contribution in [0.5, 0.6) is 0 Å². The fraction of sp³-hybridized carbons (Fsp3) is 0.118. The molecule has 3 rings (SSSR count). The van der Waals surface area contributed by atoms with E-state index >= 15 is 0 Å². The van der Waals surface area contributed by atoms with Gasteiger partial charge in [-0.05, 0) is 49.4 Å². The summed E-state index contributed by atoms with van der Waals surface area (Å²) < 4.78 is 39.7. The van der Waals surface area contributed by atoms with Crippen LogP contribution in [0.2, 0.25) is 0 Å². The van der Waals surface area contributed by atoms with Crippen molar-refractivity contribution in [1.82, 2.24) is 15.0 Å². The Morgan fingerprint density at radius 3 is 2.44 bits per heavy atom. The summed E-state index contributed by atoms with van der Waals surface area (Å²) in [5.41, 5.74) is 1.14. The van der Waals surface area contributed by atoms with Crippen molar-refractivity contribution in [3.63, 3.8) is 0 Å². The molecule has 1 aromatic heterocycles. The first-order valence-corrected chi connectivity index (χ1v) is 7.31. The maximum Gasteiger partial charge on any atom is 0.416 e. The second kappa shape index (κ2) is 6.39. The molecule has 0 fully saturated rings. The van der Waals surface area contributed by atoms with Gasteiger partial charge in [-0.15, -0.1) is 5.10 Å². The molecule has 5 nitrogen and oxygen atoms in total. The van der Waals surface area contributed by atoms with Crippen LogP contribution in [0.1, 0.15) is 21.6 Å². The summed E-state index contributed by atoms with van der Waals surface area (Å²) in [5, 5.41) is 10.2. The largest absolute Gasteiger partial charge is 0.416 e. The van der Waals surface area contributed by atoms with Gasteiger partial charge in [-0.25, -0.2) is 4.68 Å². The van der Waals surface area contributed by atoms with E-state index in [-0.39, 0.29) is 5.69 Å². The monoisotopic (exact) mass is 346 g/mol. The van der Waals surface area contributed by atoms with E-state index < -0.39 is 17.6 Å². The van der Waals surface area contributed by atoms with Crippen molar-refractivity contribution >= 4 is 11.6 Å². The van der Waals surface area contributed by atoms with Crippen LogP contribution >= 0.6 is 0 Å². The lowest BCUT2D eigenvalue weighted by atomic mass is 10.1. The maximum absolute atomic E-state index is 12.7. The zero-order valence-electron chi connectivity index (χ0n) is 13.1. The van der Waals surface area contributed by atoms with Crippen LogP contribution in [0.15, 0.2) is 54.7 Å². The lowest BCUT2D eigenvalue weighted by Gasteiger charge is -2.10. The number of halogens is 3. The number of carbonyl (C=O) groups excluding carboxylic acids is 1. The van der Waals surface area contributed by atoms with Crippen LogP contribution in [-0.2, 0) is 6.18 Å². The molecule has 0 atom stereocenters. The van der Waals surface area contributed by atoms with Crippen LogP contribution < -0.4 is 5.32 Å². The van der Waals surface area contributed by atoms with Gasteiger partial charge in [-0.1, -0.05) is 11.3 Å². The quantitative estimate of drug-likeness (QED) is 0.784. The topological polar surface area (TPSA) is 59.8 Å². The minimum Gasteiger partial charge on any atom is -0.322 e. The first-order chi connectivity index (χ1) is 11.8. The number of alkyl halides is 3. The van der Waals surface area contributed by atoms with Crippen LogP contribution in [-0.4, -0.2) is 20.9 Å². The maximum atomic E-state index is 12.7. The Balaban J connectivity index is 1.77. The standard InChI is InChI=1S/C17H13F3N4O/c1-11-10-21-23-24(11)15-7-5-12(6-8-15)16(25)22-14-4-2-3-13(9-14)17(18,19)20/h2-10H,1H3,(H,22,25). The Hall–Kier alpha value is -3.16. The number of nitrogens with one attached hydrogen (secondary N) is 1. The lowest BCUT2D eigenvalue weighted by molar-refractivity contribution is -0.137. The van der Waals surface area contributed by atoms with E-state index in [0.29, 0.717) is 5.56 Å². The highest BCUT2D eigenvalue weighted by Gasteiger charge is 2.30. The molecule has 0 saturated carbocycles. The van der Waals surface area contributed by atoms with Crippen molar-refractivity contribution < 1.29 is 18.0 Å². The van der Waals surface area contributed by atoms with Gasteiger partial charge in [0.25, 0.3) is 5.91 Å². The second-order valence-electron chi connectivity index (χ2n) is 5.37. The molecule has 1 amide bonds. The van der Waals surface area contributed by atoms with Gasteiger partial charge >= 0.3 is 6.18 Å². The number of aromatic nitrogens is 3. The number of amides is 1. The molecule has 3 aromatic rings. The Morgan fingerprint density at radius 1 is 1.12 bits per heavy atom. The molecule has 25 heavy (non-hydrogen) atoms. The molecule has 1 N–H and O–H groups in total. The Kier molecular flexibility index (Phi) is 4.26. The third kappa shape index (κ3) is 3.68. The van der Waals surface area contributed by atoms with E-state index in [9.17, 15) is 18.0 Å². The molecule has 8 heteroatoms. The highest BCUT2D eigenvalue weighted by molar-refractivity contribution is 6.04. The summed E-state index contributed by atoms with van der Waals surface area (Å²) in [4.78, 5) is 12.2. The molecule has 0 bridgehead atoms. The van der Waals surface area contributed by atoms with Gasteiger partial charge in [0.1, 0.15) is 0 Å². The van der Waals surface area contributed by atoms with Gasteiger partial charge in [-0.3, -0.25) is 4.79 Å². The Labute approximate surface area is 141 Å². The van der Waals surface area contributed by atoms with Crippen LogP contribution in [0.4, 0.5) is 18.9 Å². The van der Waals surface area contributed by atoms with E-state index in [4.69, 9.17) is 0 Å². The molecular weight excluding hydrogens is 333 g/mol. The molecule has 2 aromatic carbocycles. The fourth-order valence-electron chi connectivity index (χ4n) is 2.27. The van der Waals surface area contributed by atoms with E-state index in [1.165, 1.54) is 12.1 Å². The van der Waals surface area contributed by atoms with E-state index in [0.717, 1.165) is 23.5 Å². The SMILES string of the molecule is Cc1cnnn1-c1ccc(C(=O)Nc2cccc(C(F)(F)F)c2)cc1. The van der Waals surface area contributed by atoms with Gasteiger partial charge < -0.3 is 5.32 Å². The van der Waals surface area contributed by atoms with E-state index in [1.807, 2.05) is 6.92 Å².